The lowest BCUT2D eigenvalue weighted by Crippen LogP contribution is -2.43. The predicted molar refractivity (Wildman–Crippen MR) is 90.5 cm³/mol. The van der Waals surface area contributed by atoms with Crippen molar-refractivity contribution in [1.82, 2.24) is 10.2 Å². The summed E-state index contributed by atoms with van der Waals surface area (Å²) in [7, 11) is 0. The molecule has 2 aliphatic rings. The van der Waals surface area contributed by atoms with Crippen LogP contribution in [0.3, 0.4) is 0 Å². The predicted octanol–water partition coefficient (Wildman–Crippen LogP) is 2.59. The minimum Gasteiger partial charge on any atom is -0.370 e. The number of hydrogen-bond acceptors (Lipinski definition) is 2. The fourth-order valence-electron chi connectivity index (χ4n) is 3.95. The Kier molecular flexibility index (Phi) is 5.91. The molecule has 4 heteroatoms. The van der Waals surface area contributed by atoms with Crippen LogP contribution in [0.15, 0.2) is 4.99 Å². The van der Waals surface area contributed by atoms with Crippen LogP contribution in [0.4, 0.5) is 0 Å². The van der Waals surface area contributed by atoms with Crippen molar-refractivity contribution in [2.75, 3.05) is 26.2 Å². The first-order valence-electron chi connectivity index (χ1n) is 8.81. The molecule has 0 amide bonds. The maximum absolute atomic E-state index is 6.06. The van der Waals surface area contributed by atoms with Gasteiger partial charge in [0.15, 0.2) is 5.96 Å². The van der Waals surface area contributed by atoms with Gasteiger partial charge in [-0.3, -0.25) is 9.89 Å². The molecular formula is C17H34N4. The Labute approximate surface area is 130 Å². The number of guanidine groups is 1. The Morgan fingerprint density at radius 2 is 1.95 bits per heavy atom. The molecule has 2 rings (SSSR count). The van der Waals surface area contributed by atoms with E-state index in [2.05, 4.69) is 36.0 Å². The third-order valence-electron chi connectivity index (χ3n) is 5.54. The number of likely N-dealkylation sites (tertiary alicyclic amines) is 1. The van der Waals surface area contributed by atoms with Gasteiger partial charge in [-0.2, -0.15) is 0 Å². The van der Waals surface area contributed by atoms with Crippen LogP contribution < -0.4 is 11.1 Å². The molecule has 122 valence electrons. The zero-order chi connectivity index (χ0) is 15.3. The second-order valence-electron chi connectivity index (χ2n) is 7.48. The molecule has 1 atom stereocenters. The second kappa shape index (κ2) is 7.48. The van der Waals surface area contributed by atoms with Crippen molar-refractivity contribution in [1.29, 1.82) is 0 Å². The summed E-state index contributed by atoms with van der Waals surface area (Å²) in [4.78, 5) is 7.15. The van der Waals surface area contributed by atoms with Crippen molar-refractivity contribution in [3.8, 4) is 0 Å². The van der Waals surface area contributed by atoms with E-state index in [0.717, 1.165) is 25.6 Å². The summed E-state index contributed by atoms with van der Waals surface area (Å²) in [6.45, 7) is 11.1. The summed E-state index contributed by atoms with van der Waals surface area (Å²) >= 11 is 0. The molecule has 1 aliphatic heterocycles. The molecule has 4 nitrogen and oxygen atoms in total. The van der Waals surface area contributed by atoms with Crippen LogP contribution >= 0.6 is 0 Å². The zero-order valence-electron chi connectivity index (χ0n) is 14.2. The topological polar surface area (TPSA) is 53.6 Å². The summed E-state index contributed by atoms with van der Waals surface area (Å²) in [5.41, 5.74) is 6.35. The average molecular weight is 294 g/mol. The number of rotatable bonds is 6. The third kappa shape index (κ3) is 4.60. The van der Waals surface area contributed by atoms with Crippen LogP contribution in [0.25, 0.3) is 0 Å². The smallest absolute Gasteiger partial charge is 0.188 e. The van der Waals surface area contributed by atoms with Crippen LogP contribution in [0, 0.1) is 11.3 Å². The average Bonchev–Trinajstić information content (AvgIpc) is 3.13. The van der Waals surface area contributed by atoms with E-state index in [-0.39, 0.29) is 5.41 Å². The Morgan fingerprint density at radius 3 is 2.62 bits per heavy atom. The fourth-order valence-corrected chi connectivity index (χ4v) is 3.95. The van der Waals surface area contributed by atoms with E-state index in [4.69, 9.17) is 5.73 Å². The van der Waals surface area contributed by atoms with Crippen LogP contribution in [-0.2, 0) is 0 Å². The molecule has 21 heavy (non-hydrogen) atoms. The first-order chi connectivity index (χ1) is 10.0. The summed E-state index contributed by atoms with van der Waals surface area (Å²) in [5, 5.41) is 3.34. The van der Waals surface area contributed by atoms with E-state index in [1.165, 1.54) is 45.1 Å². The SMILES string of the molecule is CCN1CCCC1CNC(N)=NCC(C)(C)C1CCCC1. The van der Waals surface area contributed by atoms with Crippen LogP contribution in [0.5, 0.6) is 0 Å². The van der Waals surface area contributed by atoms with E-state index >= 15 is 0 Å². The highest BCUT2D eigenvalue weighted by molar-refractivity contribution is 5.77. The summed E-state index contributed by atoms with van der Waals surface area (Å²) in [6, 6.07) is 0.631. The van der Waals surface area contributed by atoms with Crippen LogP contribution in [0.1, 0.15) is 59.3 Å². The quantitative estimate of drug-likeness (QED) is 0.585. The van der Waals surface area contributed by atoms with Gasteiger partial charge in [0.1, 0.15) is 0 Å². The maximum atomic E-state index is 6.06. The Balaban J connectivity index is 1.75. The lowest BCUT2D eigenvalue weighted by Gasteiger charge is -2.30. The number of nitrogens with one attached hydrogen (secondary N) is 1. The van der Waals surface area contributed by atoms with Gasteiger partial charge in [-0.05, 0) is 50.1 Å². The van der Waals surface area contributed by atoms with Gasteiger partial charge < -0.3 is 11.1 Å². The van der Waals surface area contributed by atoms with Gasteiger partial charge >= 0.3 is 0 Å². The number of aliphatic imine (C=N–C) groups is 1. The third-order valence-corrected chi connectivity index (χ3v) is 5.54. The van der Waals surface area contributed by atoms with Gasteiger partial charge in [0.05, 0.1) is 0 Å². The second-order valence-corrected chi connectivity index (χ2v) is 7.48. The molecule has 3 N–H and O–H groups in total. The van der Waals surface area contributed by atoms with Crippen molar-refractivity contribution in [2.45, 2.75) is 65.3 Å². The van der Waals surface area contributed by atoms with Gasteiger partial charge in [0.2, 0.25) is 0 Å². The van der Waals surface area contributed by atoms with Crippen molar-refractivity contribution in [2.24, 2.45) is 22.1 Å². The molecule has 1 aliphatic carbocycles. The van der Waals surface area contributed by atoms with Crippen molar-refractivity contribution in [3.63, 3.8) is 0 Å². The Hall–Kier alpha value is -0.770. The monoisotopic (exact) mass is 294 g/mol. The molecule has 1 heterocycles. The molecule has 0 radical (unpaired) electrons. The number of nitrogens with zero attached hydrogens (tertiary/aromatic N) is 2. The lowest BCUT2D eigenvalue weighted by molar-refractivity contribution is 0.227. The molecule has 1 saturated heterocycles. The van der Waals surface area contributed by atoms with Gasteiger partial charge in [-0.25, -0.2) is 0 Å². The van der Waals surface area contributed by atoms with Crippen LogP contribution in [-0.4, -0.2) is 43.1 Å². The normalized spacial score (nSPS) is 25.7. The minimum atomic E-state index is 0.283. The zero-order valence-corrected chi connectivity index (χ0v) is 14.2. The molecule has 0 bridgehead atoms. The first-order valence-corrected chi connectivity index (χ1v) is 8.81. The van der Waals surface area contributed by atoms with Crippen molar-refractivity contribution >= 4 is 5.96 Å². The van der Waals surface area contributed by atoms with E-state index in [0.29, 0.717) is 12.0 Å². The number of hydrogen-bond donors (Lipinski definition) is 2. The summed E-state index contributed by atoms with van der Waals surface area (Å²) in [5.74, 6) is 1.45. The van der Waals surface area contributed by atoms with E-state index in [1.807, 2.05) is 0 Å². The molecule has 0 aromatic rings. The molecule has 0 spiro atoms. The fraction of sp³-hybridized carbons (Fsp3) is 0.941. The molecular weight excluding hydrogens is 260 g/mol. The van der Waals surface area contributed by atoms with Gasteiger partial charge in [0.25, 0.3) is 0 Å². The standard InChI is InChI=1S/C17H34N4/c1-4-21-11-7-10-15(21)12-19-16(18)20-13-17(2,3)14-8-5-6-9-14/h14-15H,4-13H2,1-3H3,(H3,18,19,20). The van der Waals surface area contributed by atoms with E-state index < -0.39 is 0 Å². The molecule has 0 aromatic heterocycles. The van der Waals surface area contributed by atoms with Crippen molar-refractivity contribution < 1.29 is 0 Å². The number of likely N-dealkylation sites (N-methyl/N-ethyl adjacent to an activating group) is 1. The van der Waals surface area contributed by atoms with Gasteiger partial charge in [0, 0.05) is 19.1 Å². The summed E-state index contributed by atoms with van der Waals surface area (Å²) in [6.07, 6.45) is 8.10. The van der Waals surface area contributed by atoms with E-state index in [9.17, 15) is 0 Å². The highest BCUT2D eigenvalue weighted by Crippen LogP contribution is 2.39. The Morgan fingerprint density at radius 1 is 1.24 bits per heavy atom. The highest BCUT2D eigenvalue weighted by atomic mass is 15.2. The van der Waals surface area contributed by atoms with Crippen molar-refractivity contribution in [3.05, 3.63) is 0 Å². The van der Waals surface area contributed by atoms with Gasteiger partial charge in [-0.1, -0.05) is 33.6 Å². The molecule has 1 saturated carbocycles. The maximum Gasteiger partial charge on any atom is 0.188 e. The minimum absolute atomic E-state index is 0.283. The van der Waals surface area contributed by atoms with Crippen LogP contribution in [0.2, 0.25) is 0 Å². The molecule has 1 unspecified atom stereocenters. The lowest BCUT2D eigenvalue weighted by atomic mass is 9.78. The van der Waals surface area contributed by atoms with E-state index in [1.54, 1.807) is 0 Å². The molecule has 0 aromatic carbocycles. The Bertz CT molecular complexity index is 345. The number of nitrogens with two attached hydrogens (primary N) is 1. The molecule has 2 fully saturated rings. The van der Waals surface area contributed by atoms with Gasteiger partial charge in [-0.15, -0.1) is 0 Å². The largest absolute Gasteiger partial charge is 0.370 e. The first kappa shape index (κ1) is 16.6. The highest BCUT2D eigenvalue weighted by Gasteiger charge is 2.31. The summed E-state index contributed by atoms with van der Waals surface area (Å²) < 4.78 is 0.